The normalized spacial score (nSPS) is 14.0. The second kappa shape index (κ2) is 9.35. The molecule has 1 N–H and O–H groups in total. The molecular weight excluding hydrogens is 352 g/mol. The number of nitrogens with one attached hydrogen (secondary N) is 1. The van der Waals surface area contributed by atoms with Crippen LogP contribution in [0.4, 0.5) is 16.2 Å². The highest BCUT2D eigenvalue weighted by atomic mass is 16.5. The lowest BCUT2D eigenvalue weighted by Gasteiger charge is -2.36. The Bertz CT molecular complexity index is 751. The molecule has 3 rings (SSSR count). The zero-order valence-electron chi connectivity index (χ0n) is 17.0. The molecule has 150 valence electrons. The molecule has 0 unspecified atom stereocenters. The summed E-state index contributed by atoms with van der Waals surface area (Å²) in [5.74, 6) is 0.849. The van der Waals surface area contributed by atoms with Gasteiger partial charge in [-0.2, -0.15) is 0 Å². The molecule has 2 aromatic carbocycles. The molecule has 0 saturated carbocycles. The lowest BCUT2D eigenvalue weighted by atomic mass is 10.1. The minimum atomic E-state index is 0.0242. The minimum Gasteiger partial charge on any atom is -0.497 e. The molecule has 2 amide bonds. The monoisotopic (exact) mass is 382 g/mol. The van der Waals surface area contributed by atoms with E-state index in [-0.39, 0.29) is 6.03 Å². The number of hydrogen-bond donors (Lipinski definition) is 1. The van der Waals surface area contributed by atoms with E-state index in [9.17, 15) is 4.79 Å². The topological polar surface area (TPSA) is 48.1 Å². The molecular formula is C22H30N4O2. The largest absolute Gasteiger partial charge is 0.497 e. The summed E-state index contributed by atoms with van der Waals surface area (Å²) in [6, 6.07) is 16.6. The second-order valence-corrected chi connectivity index (χ2v) is 7.21. The van der Waals surface area contributed by atoms with Gasteiger partial charge in [-0.05, 0) is 48.4 Å². The van der Waals surface area contributed by atoms with Gasteiger partial charge >= 0.3 is 6.03 Å². The second-order valence-electron chi connectivity index (χ2n) is 7.21. The van der Waals surface area contributed by atoms with Gasteiger partial charge in [0.05, 0.1) is 7.11 Å². The minimum absolute atomic E-state index is 0.0242. The summed E-state index contributed by atoms with van der Waals surface area (Å²) >= 11 is 0. The van der Waals surface area contributed by atoms with Gasteiger partial charge in [0.2, 0.25) is 0 Å². The van der Waals surface area contributed by atoms with Crippen molar-refractivity contribution in [1.29, 1.82) is 0 Å². The van der Waals surface area contributed by atoms with Gasteiger partial charge in [0.1, 0.15) is 5.75 Å². The van der Waals surface area contributed by atoms with Gasteiger partial charge in [-0.25, -0.2) is 4.79 Å². The van der Waals surface area contributed by atoms with Crippen molar-refractivity contribution >= 4 is 17.4 Å². The lowest BCUT2D eigenvalue weighted by molar-refractivity contribution is 0.194. The quantitative estimate of drug-likeness (QED) is 0.835. The predicted molar refractivity (Wildman–Crippen MR) is 115 cm³/mol. The summed E-state index contributed by atoms with van der Waals surface area (Å²) in [4.78, 5) is 18.8. The number of carbonyl (C=O) groups excluding carboxylic acids is 1. The third-order valence-corrected chi connectivity index (χ3v) is 5.15. The van der Waals surface area contributed by atoms with Crippen molar-refractivity contribution in [3.05, 3.63) is 54.1 Å². The molecule has 1 aliphatic rings. The number of benzene rings is 2. The van der Waals surface area contributed by atoms with Crippen molar-refractivity contribution in [2.45, 2.75) is 6.42 Å². The third-order valence-electron chi connectivity index (χ3n) is 5.15. The fraction of sp³-hybridized carbons (Fsp3) is 0.409. The molecule has 1 aliphatic heterocycles. The summed E-state index contributed by atoms with van der Waals surface area (Å²) in [6.45, 7) is 3.82. The van der Waals surface area contributed by atoms with Crippen LogP contribution in [-0.4, -0.2) is 64.9 Å². The predicted octanol–water partition coefficient (Wildman–Crippen LogP) is 2.84. The van der Waals surface area contributed by atoms with E-state index in [0.717, 1.165) is 38.3 Å². The first kappa shape index (κ1) is 19.9. The molecule has 6 nitrogen and oxygen atoms in total. The molecule has 0 aromatic heterocycles. The van der Waals surface area contributed by atoms with E-state index in [0.29, 0.717) is 6.54 Å². The molecule has 1 fully saturated rings. The average Bonchev–Trinajstić information content (AvgIpc) is 2.74. The van der Waals surface area contributed by atoms with Crippen molar-refractivity contribution in [2.75, 3.05) is 63.7 Å². The number of ether oxygens (including phenoxy) is 1. The molecule has 1 heterocycles. The summed E-state index contributed by atoms with van der Waals surface area (Å²) < 4.78 is 5.17. The highest BCUT2D eigenvalue weighted by Crippen LogP contribution is 2.20. The first-order chi connectivity index (χ1) is 13.6. The zero-order chi connectivity index (χ0) is 19.9. The van der Waals surface area contributed by atoms with Gasteiger partial charge in [-0.1, -0.05) is 12.1 Å². The molecule has 0 aliphatic carbocycles. The number of urea groups is 1. The Morgan fingerprint density at radius 1 is 1.00 bits per heavy atom. The molecule has 1 saturated heterocycles. The Labute approximate surface area is 167 Å². The summed E-state index contributed by atoms with van der Waals surface area (Å²) in [5, 5.41) is 3.04. The number of rotatable bonds is 6. The molecule has 0 radical (unpaired) electrons. The third kappa shape index (κ3) is 5.09. The van der Waals surface area contributed by atoms with Gasteiger partial charge in [0, 0.05) is 58.2 Å². The van der Waals surface area contributed by atoms with Crippen LogP contribution in [-0.2, 0) is 6.42 Å². The molecule has 0 atom stereocenters. The summed E-state index contributed by atoms with van der Waals surface area (Å²) in [6.07, 6.45) is 0.813. The number of carbonyl (C=O) groups is 1. The van der Waals surface area contributed by atoms with E-state index in [4.69, 9.17) is 4.74 Å². The average molecular weight is 383 g/mol. The smallest absolute Gasteiger partial charge is 0.317 e. The van der Waals surface area contributed by atoms with Crippen LogP contribution in [0, 0.1) is 0 Å². The Morgan fingerprint density at radius 3 is 2.21 bits per heavy atom. The maximum absolute atomic E-state index is 12.4. The Balaban J connectivity index is 1.41. The van der Waals surface area contributed by atoms with Crippen molar-refractivity contribution in [3.63, 3.8) is 0 Å². The van der Waals surface area contributed by atoms with E-state index in [1.54, 1.807) is 7.11 Å². The van der Waals surface area contributed by atoms with Crippen molar-refractivity contribution < 1.29 is 9.53 Å². The van der Waals surface area contributed by atoms with Gasteiger partial charge in [-0.15, -0.1) is 0 Å². The maximum atomic E-state index is 12.4. The van der Waals surface area contributed by atoms with Gasteiger partial charge in [0.25, 0.3) is 0 Å². The number of nitrogens with zero attached hydrogens (tertiary/aromatic N) is 3. The van der Waals surface area contributed by atoms with E-state index >= 15 is 0 Å². The molecule has 0 spiro atoms. The van der Waals surface area contributed by atoms with E-state index in [1.807, 2.05) is 43.3 Å². The highest BCUT2D eigenvalue weighted by molar-refractivity contribution is 5.74. The first-order valence-electron chi connectivity index (χ1n) is 9.75. The number of anilines is 2. The van der Waals surface area contributed by atoms with E-state index in [2.05, 4.69) is 39.4 Å². The molecule has 6 heteroatoms. The van der Waals surface area contributed by atoms with Gasteiger partial charge in [-0.3, -0.25) is 0 Å². The zero-order valence-corrected chi connectivity index (χ0v) is 17.0. The van der Waals surface area contributed by atoms with Gasteiger partial charge < -0.3 is 24.8 Å². The van der Waals surface area contributed by atoms with Crippen LogP contribution in [0.1, 0.15) is 5.56 Å². The Morgan fingerprint density at radius 2 is 1.64 bits per heavy atom. The first-order valence-corrected chi connectivity index (χ1v) is 9.75. The van der Waals surface area contributed by atoms with Crippen LogP contribution in [0.25, 0.3) is 0 Å². The van der Waals surface area contributed by atoms with Crippen LogP contribution < -0.4 is 19.9 Å². The highest BCUT2D eigenvalue weighted by Gasteiger charge is 2.21. The van der Waals surface area contributed by atoms with Crippen molar-refractivity contribution in [2.24, 2.45) is 0 Å². The van der Waals surface area contributed by atoms with Crippen molar-refractivity contribution in [3.8, 4) is 5.75 Å². The Kier molecular flexibility index (Phi) is 6.63. The van der Waals surface area contributed by atoms with Crippen LogP contribution in [0.2, 0.25) is 0 Å². The molecule has 0 bridgehead atoms. The van der Waals surface area contributed by atoms with Crippen LogP contribution >= 0.6 is 0 Å². The van der Waals surface area contributed by atoms with E-state index in [1.165, 1.54) is 16.9 Å². The summed E-state index contributed by atoms with van der Waals surface area (Å²) in [7, 11) is 5.75. The number of amides is 2. The maximum Gasteiger partial charge on any atom is 0.317 e. The lowest BCUT2D eigenvalue weighted by Crippen LogP contribution is -2.52. The van der Waals surface area contributed by atoms with E-state index < -0.39 is 0 Å². The van der Waals surface area contributed by atoms with Crippen LogP contribution in [0.15, 0.2) is 48.5 Å². The summed E-state index contributed by atoms with van der Waals surface area (Å²) in [5.41, 5.74) is 3.59. The fourth-order valence-corrected chi connectivity index (χ4v) is 3.35. The fourth-order valence-electron chi connectivity index (χ4n) is 3.35. The SMILES string of the molecule is COc1ccc(CCNC(=O)N2CCN(c3ccc(N(C)C)cc3)CC2)cc1. The van der Waals surface area contributed by atoms with Gasteiger partial charge in [0.15, 0.2) is 0 Å². The Hall–Kier alpha value is -2.89. The molecule has 2 aromatic rings. The van der Waals surface area contributed by atoms with Crippen molar-refractivity contribution in [1.82, 2.24) is 10.2 Å². The number of hydrogen-bond acceptors (Lipinski definition) is 4. The number of piperazine rings is 1. The van der Waals surface area contributed by atoms with Crippen LogP contribution in [0.3, 0.4) is 0 Å². The molecule has 28 heavy (non-hydrogen) atoms. The van der Waals surface area contributed by atoms with Crippen LogP contribution in [0.5, 0.6) is 5.75 Å². The standard InChI is InChI=1S/C22H30N4O2/c1-24(2)19-6-8-20(9-7-19)25-14-16-26(17-15-25)22(27)23-13-12-18-4-10-21(28-3)11-5-18/h4-11H,12-17H2,1-3H3,(H,23,27). The number of methoxy groups -OCH3 is 1.